The van der Waals surface area contributed by atoms with Gasteiger partial charge in [-0.05, 0) is 6.92 Å². The van der Waals surface area contributed by atoms with E-state index < -0.39 is 6.51 Å². The second-order valence-corrected chi connectivity index (χ2v) is 38.7. The van der Waals surface area contributed by atoms with Gasteiger partial charge in [0.15, 0.2) is 0 Å². The van der Waals surface area contributed by atoms with Crippen LogP contribution in [0.2, 0.25) is 43.3 Å². The van der Waals surface area contributed by atoms with Crippen LogP contribution in [0.5, 0.6) is 0 Å². The van der Waals surface area contributed by atoms with Crippen LogP contribution in [0.3, 0.4) is 0 Å². The van der Waals surface area contributed by atoms with Gasteiger partial charge >= 0.3 is 172 Å². The SMILES string of the molecule is CC(=Nc1c(C)cc(C)cc1C)c1cccc(C(C)=N[C]23[CH]4[CH]5[CH]6[CH]2[Fe]56432789[CH]3[CH]2[CH]7[CH]8[CH]39)n1. The Bertz CT molecular complexity index is 1770. The number of aromatic nitrogens is 1. The van der Waals surface area contributed by atoms with Gasteiger partial charge in [0, 0.05) is 0 Å². The molecule has 10 aliphatic heterocycles. The number of fused-ring (bicyclic) bond motifs is 10. The number of aryl methyl sites for hydroxylation is 3. The summed E-state index contributed by atoms with van der Waals surface area (Å²) in [5.41, 5.74) is 9.15. The van der Waals surface area contributed by atoms with E-state index in [0.29, 0.717) is 4.44 Å². The number of aliphatic imine (C=N–C) groups is 2. The third kappa shape index (κ3) is 0.324. The van der Waals surface area contributed by atoms with Gasteiger partial charge in [-0.15, -0.1) is 0 Å². The molecule has 10 fully saturated rings. The summed E-state index contributed by atoms with van der Waals surface area (Å²) in [5, 5.41) is 0. The maximum absolute atomic E-state index is 5.78. The van der Waals surface area contributed by atoms with Crippen LogP contribution in [0, 0.1) is 20.8 Å². The Morgan fingerprint density at radius 3 is 1.81 bits per heavy atom. The number of pyridine rings is 1. The van der Waals surface area contributed by atoms with Gasteiger partial charge < -0.3 is 0 Å². The van der Waals surface area contributed by atoms with Crippen LogP contribution < -0.4 is 0 Å². The van der Waals surface area contributed by atoms with Gasteiger partial charge in [-0.3, -0.25) is 0 Å². The Labute approximate surface area is 179 Å². The number of benzene rings is 1. The molecule has 0 bridgehead atoms. The Hall–Kier alpha value is -1.77. The summed E-state index contributed by atoms with van der Waals surface area (Å²) < 4.78 is 0.583. The van der Waals surface area contributed by atoms with Crippen molar-refractivity contribution in [2.45, 2.75) is 82.4 Å². The predicted molar refractivity (Wildman–Crippen MR) is 125 cm³/mol. The van der Waals surface area contributed by atoms with E-state index in [1.165, 1.54) is 65.7 Å². The van der Waals surface area contributed by atoms with Crippen LogP contribution in [0.4, 0.5) is 5.69 Å². The van der Waals surface area contributed by atoms with Crippen molar-refractivity contribution in [1.82, 2.24) is 4.98 Å². The fraction of sp³-hybridized carbons (Fsp3) is 0.536. The first kappa shape index (κ1) is 15.2. The molecule has 0 saturated carbocycles. The summed E-state index contributed by atoms with van der Waals surface area (Å²) in [6.07, 6.45) is 0. The molecule has 12 rings (SSSR count). The predicted octanol–water partition coefficient (Wildman–Crippen LogP) is 7.25. The monoisotopic (exact) mass is 463 g/mol. The molecule has 4 heteroatoms. The molecule has 164 valence electrons. The van der Waals surface area contributed by atoms with Gasteiger partial charge in [0.2, 0.25) is 0 Å². The van der Waals surface area contributed by atoms with Crippen molar-refractivity contribution in [3.8, 4) is 0 Å². The summed E-state index contributed by atoms with van der Waals surface area (Å²) in [5.74, 6) is 0. The van der Waals surface area contributed by atoms with Crippen LogP contribution in [0.15, 0.2) is 40.3 Å². The minimum absolute atomic E-state index is 0.583. The molecule has 1 aromatic heterocycles. The standard InChI is InChI=1S/C23H24N3.C5H5.Fe/c1-15-13-16(2)23(17(3)14-15)25-19(5)22-12-8-11-21(26-22)18(4)24-20-9-6-7-10-20;1-2-4-5-3-1;/h6-14H,1-5H3;1-5H;. The Morgan fingerprint density at radius 2 is 1.34 bits per heavy atom. The van der Waals surface area contributed by atoms with Crippen LogP contribution in [-0.4, -0.2) is 20.8 Å². The molecule has 0 aliphatic carbocycles. The zero-order valence-corrected chi connectivity index (χ0v) is 20.4. The third-order valence-electron chi connectivity index (χ3n) is 18.3. The molecule has 4 unspecified atom stereocenters. The first-order valence-corrected chi connectivity index (χ1v) is 18.8. The van der Waals surface area contributed by atoms with Crippen molar-refractivity contribution >= 4 is 17.1 Å². The fourth-order valence-corrected chi connectivity index (χ4v) is 91.7. The molecule has 10 saturated heterocycles. The van der Waals surface area contributed by atoms with Gasteiger partial charge in [0.05, 0.1) is 0 Å². The van der Waals surface area contributed by atoms with E-state index in [-0.39, 0.29) is 0 Å². The molecule has 4 atom stereocenters. The van der Waals surface area contributed by atoms with E-state index >= 15 is 0 Å². The molecule has 10 aliphatic rings. The number of hydrogen-bond donors (Lipinski definition) is 0. The van der Waals surface area contributed by atoms with Gasteiger partial charge in [-0.1, -0.05) is 0 Å². The molecule has 11 heterocycles. The molecule has 32 heavy (non-hydrogen) atoms. The summed E-state index contributed by atoms with van der Waals surface area (Å²) >= 11 is 0. The third-order valence-corrected chi connectivity index (χ3v) is 60.3. The van der Waals surface area contributed by atoms with Crippen LogP contribution in [-0.2, 0) is 6.51 Å². The van der Waals surface area contributed by atoms with Gasteiger partial charge in [0.1, 0.15) is 0 Å². The molecule has 0 N–H and O–H groups in total. The zero-order valence-electron chi connectivity index (χ0n) is 19.3. The van der Waals surface area contributed by atoms with Gasteiger partial charge in [-0.2, -0.15) is 0 Å². The Balaban J connectivity index is 0.982. The summed E-state index contributed by atoms with van der Waals surface area (Å²) in [6, 6.07) is 10.9. The van der Waals surface area contributed by atoms with Crippen LogP contribution in [0.1, 0.15) is 41.9 Å². The van der Waals surface area contributed by atoms with Gasteiger partial charge in [-0.25, -0.2) is 0 Å². The summed E-state index contributed by atoms with van der Waals surface area (Å²) in [4.78, 5) is 27.6. The first-order chi connectivity index (χ1) is 15.1. The normalized spacial score (nSPS) is 70.0. The van der Waals surface area contributed by atoms with Crippen molar-refractivity contribution < 1.29 is 6.51 Å². The van der Waals surface area contributed by atoms with Crippen molar-refractivity contribution in [3.05, 3.63) is 58.4 Å². The molecule has 1 spiro atoms. The van der Waals surface area contributed by atoms with E-state index in [2.05, 4.69) is 65.0 Å². The fourth-order valence-electron chi connectivity index (χ4n) is 19.1. The molecule has 0 radical (unpaired) electrons. The molecule has 0 amide bonds. The molecular formula is C28H29FeN3. The number of nitrogens with zero attached hydrogens (tertiary/aromatic N) is 3. The quantitative estimate of drug-likeness (QED) is 0.348. The van der Waals surface area contributed by atoms with Crippen LogP contribution in [0.25, 0.3) is 0 Å². The maximum atomic E-state index is 5.78. The molecular weight excluding hydrogens is 434 g/mol. The zero-order chi connectivity index (χ0) is 21.3. The molecule has 3 nitrogen and oxygen atoms in total. The van der Waals surface area contributed by atoms with Crippen molar-refractivity contribution in [3.63, 3.8) is 0 Å². The molecule has 1 aromatic carbocycles. The van der Waals surface area contributed by atoms with Gasteiger partial charge in [0.25, 0.3) is 0 Å². The summed E-state index contributed by atoms with van der Waals surface area (Å²) in [6.45, 7) is 7.67. The Kier molecular flexibility index (Phi) is 0.944. The average molecular weight is 463 g/mol. The Morgan fingerprint density at radius 1 is 0.812 bits per heavy atom. The average Bonchev–Trinajstić information content (AvgIpc) is 3.70. The second kappa shape index (κ2) is 1.99. The first-order valence-electron chi connectivity index (χ1n) is 12.5. The second-order valence-electron chi connectivity index (χ2n) is 15.2. The van der Waals surface area contributed by atoms with Crippen molar-refractivity contribution in [2.24, 2.45) is 9.98 Å². The number of hydrogen-bond acceptors (Lipinski definition) is 3. The molecule has 2 aromatic rings. The van der Waals surface area contributed by atoms with Crippen molar-refractivity contribution in [2.75, 3.05) is 0 Å². The minimum atomic E-state index is -3.16. The topological polar surface area (TPSA) is 37.6 Å². The van der Waals surface area contributed by atoms with E-state index in [9.17, 15) is 0 Å². The van der Waals surface area contributed by atoms with E-state index in [1.54, 1.807) is 0 Å². The van der Waals surface area contributed by atoms with E-state index in [4.69, 9.17) is 15.0 Å². The van der Waals surface area contributed by atoms with E-state index in [0.717, 1.165) is 22.8 Å². The van der Waals surface area contributed by atoms with E-state index in [1.807, 2.05) is 0 Å². The summed E-state index contributed by atoms with van der Waals surface area (Å²) in [7, 11) is 0. The number of rotatable bonds is 4. The van der Waals surface area contributed by atoms with Crippen LogP contribution >= 0.6 is 0 Å². The van der Waals surface area contributed by atoms with Crippen molar-refractivity contribution in [1.29, 1.82) is 0 Å².